The Morgan fingerprint density at radius 3 is 2.18 bits per heavy atom. The van der Waals surface area contributed by atoms with Crippen LogP contribution in [0.25, 0.3) is 5.20 Å². The van der Waals surface area contributed by atoms with E-state index in [9.17, 15) is 4.79 Å². The largest absolute Gasteiger partial charge is 0.457 e. The maximum atomic E-state index is 11.9. The van der Waals surface area contributed by atoms with Crippen LogP contribution >= 0.6 is 0 Å². The van der Waals surface area contributed by atoms with Crippen molar-refractivity contribution < 1.29 is 9.53 Å². The van der Waals surface area contributed by atoms with E-state index in [1.165, 1.54) is 0 Å². The summed E-state index contributed by atoms with van der Waals surface area (Å²) >= 11 is 0. The zero-order chi connectivity index (χ0) is 13.1. The van der Waals surface area contributed by atoms with Gasteiger partial charge in [0.1, 0.15) is 5.60 Å². The molecule has 0 fully saturated rings. The maximum absolute atomic E-state index is 11.9. The molecule has 0 saturated heterocycles. The fraction of sp³-hybridized carbons (Fsp3) is 0.357. The SMILES string of the molecule is CC(C(=O)OC(C)(C)C)=C([SiH3])c1ccccc1. The molecule has 0 aliphatic rings. The molecular weight excluding hydrogens is 228 g/mol. The van der Waals surface area contributed by atoms with E-state index in [1.807, 2.05) is 58.0 Å². The minimum atomic E-state index is -0.434. The molecule has 1 aromatic rings. The van der Waals surface area contributed by atoms with Gasteiger partial charge in [0.15, 0.2) is 0 Å². The summed E-state index contributed by atoms with van der Waals surface area (Å²) in [5, 5.41) is 1.10. The monoisotopic (exact) mass is 248 g/mol. The summed E-state index contributed by atoms with van der Waals surface area (Å²) in [5.74, 6) is -0.216. The van der Waals surface area contributed by atoms with Crippen molar-refractivity contribution in [3.05, 3.63) is 41.5 Å². The number of carbonyl (C=O) groups excluding carboxylic acids is 1. The lowest BCUT2D eigenvalue weighted by Crippen LogP contribution is -2.24. The summed E-state index contributed by atoms with van der Waals surface area (Å²) in [6, 6.07) is 9.98. The molecule has 0 aliphatic heterocycles. The second-order valence-corrected chi connectivity index (χ2v) is 6.12. The number of hydrogen-bond acceptors (Lipinski definition) is 2. The average molecular weight is 248 g/mol. The standard InChI is InChI=1S/C14H20O2Si/c1-10(13(15)16-14(2,3)4)12(17)11-8-6-5-7-9-11/h5-9H,1-4,17H3. The van der Waals surface area contributed by atoms with Crippen LogP contribution in [-0.2, 0) is 9.53 Å². The van der Waals surface area contributed by atoms with Crippen molar-refractivity contribution in [1.82, 2.24) is 0 Å². The van der Waals surface area contributed by atoms with Crippen LogP contribution < -0.4 is 0 Å². The zero-order valence-corrected chi connectivity index (χ0v) is 13.2. The summed E-state index contributed by atoms with van der Waals surface area (Å²) in [7, 11) is 0.829. The van der Waals surface area contributed by atoms with Crippen LogP contribution in [0.3, 0.4) is 0 Å². The first-order valence-corrected chi connectivity index (χ1v) is 6.77. The number of esters is 1. The second kappa shape index (κ2) is 5.32. The van der Waals surface area contributed by atoms with Crippen molar-refractivity contribution in [2.24, 2.45) is 0 Å². The predicted molar refractivity (Wildman–Crippen MR) is 74.8 cm³/mol. The Labute approximate surface area is 106 Å². The highest BCUT2D eigenvalue weighted by Crippen LogP contribution is 2.18. The molecule has 0 heterocycles. The first-order chi connectivity index (χ1) is 7.81. The van der Waals surface area contributed by atoms with Gasteiger partial charge in [-0.2, -0.15) is 0 Å². The molecule has 3 heteroatoms. The summed E-state index contributed by atoms with van der Waals surface area (Å²) < 4.78 is 5.37. The minimum absolute atomic E-state index is 0.216. The molecule has 0 aliphatic carbocycles. The third-order valence-electron chi connectivity index (χ3n) is 2.47. The van der Waals surface area contributed by atoms with E-state index >= 15 is 0 Å². The summed E-state index contributed by atoms with van der Waals surface area (Å²) in [6.07, 6.45) is 0. The van der Waals surface area contributed by atoms with Crippen molar-refractivity contribution >= 4 is 21.4 Å². The molecule has 0 spiro atoms. The lowest BCUT2D eigenvalue weighted by Gasteiger charge is -2.20. The van der Waals surface area contributed by atoms with E-state index in [1.54, 1.807) is 0 Å². The van der Waals surface area contributed by atoms with Gasteiger partial charge in [0.2, 0.25) is 0 Å². The summed E-state index contributed by atoms with van der Waals surface area (Å²) in [4.78, 5) is 11.9. The highest BCUT2D eigenvalue weighted by Gasteiger charge is 2.18. The van der Waals surface area contributed by atoms with Crippen LogP contribution in [0.4, 0.5) is 0 Å². The number of hydrogen-bond donors (Lipinski definition) is 0. The molecule has 1 aromatic carbocycles. The number of benzene rings is 1. The predicted octanol–water partition coefficient (Wildman–Crippen LogP) is 2.12. The number of rotatable bonds is 2. The molecule has 0 atom stereocenters. The Hall–Kier alpha value is -1.35. The molecule has 0 radical (unpaired) electrons. The molecule has 2 nitrogen and oxygen atoms in total. The van der Waals surface area contributed by atoms with Gasteiger partial charge in [0.25, 0.3) is 0 Å². The molecule has 0 aromatic heterocycles. The Balaban J connectivity index is 2.95. The molecule has 1 rings (SSSR count). The van der Waals surface area contributed by atoms with E-state index in [-0.39, 0.29) is 5.97 Å². The lowest BCUT2D eigenvalue weighted by molar-refractivity contribution is -0.149. The first-order valence-electron chi connectivity index (χ1n) is 5.77. The highest BCUT2D eigenvalue weighted by molar-refractivity contribution is 6.44. The van der Waals surface area contributed by atoms with Crippen molar-refractivity contribution in [3.63, 3.8) is 0 Å². The van der Waals surface area contributed by atoms with E-state index in [4.69, 9.17) is 4.74 Å². The van der Waals surface area contributed by atoms with E-state index in [2.05, 4.69) is 0 Å². The fourth-order valence-electron chi connectivity index (χ4n) is 1.41. The molecular formula is C14H20O2Si. The zero-order valence-electron chi connectivity index (χ0n) is 11.2. The van der Waals surface area contributed by atoms with Crippen LogP contribution in [-0.4, -0.2) is 21.8 Å². The van der Waals surface area contributed by atoms with Crippen LogP contribution in [0.1, 0.15) is 33.3 Å². The maximum Gasteiger partial charge on any atom is 0.334 e. The highest BCUT2D eigenvalue weighted by atomic mass is 28.1. The van der Waals surface area contributed by atoms with Crippen LogP contribution in [0.2, 0.25) is 0 Å². The van der Waals surface area contributed by atoms with Gasteiger partial charge in [-0.3, -0.25) is 0 Å². The first kappa shape index (κ1) is 13.7. The van der Waals surface area contributed by atoms with Crippen molar-refractivity contribution in [3.8, 4) is 0 Å². The van der Waals surface area contributed by atoms with Crippen molar-refractivity contribution in [1.29, 1.82) is 0 Å². The number of ether oxygens (including phenoxy) is 1. The molecule has 0 saturated carbocycles. The van der Waals surface area contributed by atoms with E-state index < -0.39 is 5.60 Å². The summed E-state index contributed by atoms with van der Waals surface area (Å²) in [6.45, 7) is 7.48. The molecule has 0 amide bonds. The van der Waals surface area contributed by atoms with Crippen LogP contribution in [0.15, 0.2) is 35.9 Å². The van der Waals surface area contributed by atoms with Gasteiger partial charge in [-0.25, -0.2) is 4.79 Å². The van der Waals surface area contributed by atoms with Crippen molar-refractivity contribution in [2.45, 2.75) is 33.3 Å². The van der Waals surface area contributed by atoms with Crippen LogP contribution in [0.5, 0.6) is 0 Å². The molecule has 17 heavy (non-hydrogen) atoms. The van der Waals surface area contributed by atoms with Crippen LogP contribution in [0, 0.1) is 0 Å². The van der Waals surface area contributed by atoms with Gasteiger partial charge < -0.3 is 4.74 Å². The summed E-state index contributed by atoms with van der Waals surface area (Å²) in [5.41, 5.74) is 1.40. The lowest BCUT2D eigenvalue weighted by atomic mass is 10.1. The minimum Gasteiger partial charge on any atom is -0.457 e. The van der Waals surface area contributed by atoms with Crippen molar-refractivity contribution in [2.75, 3.05) is 0 Å². The van der Waals surface area contributed by atoms with E-state index in [0.717, 1.165) is 26.6 Å². The molecule has 0 bridgehead atoms. The quantitative estimate of drug-likeness (QED) is 0.455. The van der Waals surface area contributed by atoms with E-state index in [0.29, 0.717) is 0 Å². The Kier molecular flexibility index (Phi) is 4.29. The topological polar surface area (TPSA) is 26.3 Å². The molecule has 0 N–H and O–H groups in total. The van der Waals surface area contributed by atoms with Gasteiger partial charge in [-0.1, -0.05) is 35.5 Å². The second-order valence-electron chi connectivity index (χ2n) is 5.12. The molecule has 0 unspecified atom stereocenters. The van der Waals surface area contributed by atoms with Gasteiger partial charge in [0, 0.05) is 15.8 Å². The fourth-order valence-corrected chi connectivity index (χ4v) is 1.95. The Morgan fingerprint density at radius 1 is 1.18 bits per heavy atom. The number of carbonyl (C=O) groups is 1. The smallest absolute Gasteiger partial charge is 0.334 e. The van der Waals surface area contributed by atoms with Gasteiger partial charge in [0.05, 0.1) is 0 Å². The molecule has 92 valence electrons. The third kappa shape index (κ3) is 4.19. The Morgan fingerprint density at radius 2 is 1.71 bits per heavy atom. The van der Waals surface area contributed by atoms with Gasteiger partial charge >= 0.3 is 5.97 Å². The Bertz CT molecular complexity index is 427. The van der Waals surface area contributed by atoms with Gasteiger partial charge in [-0.15, -0.1) is 0 Å². The average Bonchev–Trinajstić information content (AvgIpc) is 2.26. The normalized spacial score (nSPS) is 13.2. The van der Waals surface area contributed by atoms with Gasteiger partial charge in [-0.05, 0) is 33.3 Å². The third-order valence-corrected chi connectivity index (χ3v) is 3.80.